The van der Waals surface area contributed by atoms with Crippen LogP contribution in [-0.2, 0) is 11.3 Å². The highest BCUT2D eigenvalue weighted by molar-refractivity contribution is 5.68. The highest BCUT2D eigenvalue weighted by atomic mass is 16.6. The molecule has 5 nitrogen and oxygen atoms in total. The molecule has 0 bridgehead atoms. The first-order chi connectivity index (χ1) is 11.7. The van der Waals surface area contributed by atoms with Crippen LogP contribution < -0.4 is 4.74 Å². The molecule has 0 saturated heterocycles. The summed E-state index contributed by atoms with van der Waals surface area (Å²) in [4.78, 5) is 13.8. The molecule has 0 radical (unpaired) electrons. The number of nitrogens with zero attached hydrogens (tertiary/aromatic N) is 2. The number of carbonyl (C=O) groups is 1. The van der Waals surface area contributed by atoms with Crippen molar-refractivity contribution in [3.8, 4) is 11.8 Å². The molecule has 3 rings (SSSR count). The molecule has 1 heterocycles. The van der Waals surface area contributed by atoms with Gasteiger partial charge in [0, 0.05) is 6.54 Å². The van der Waals surface area contributed by atoms with Gasteiger partial charge in [0.05, 0.1) is 24.8 Å². The molecule has 0 aromatic heterocycles. The van der Waals surface area contributed by atoms with E-state index in [1.807, 2.05) is 24.3 Å². The SMILES string of the molecule is CCOC(=O)N1Cc2ccccc2C(Oc2ccc(C#N)cc2)C1. The molecule has 24 heavy (non-hydrogen) atoms. The molecule has 2 aromatic carbocycles. The monoisotopic (exact) mass is 322 g/mol. The molecule has 5 heteroatoms. The number of nitriles is 1. The molecular weight excluding hydrogens is 304 g/mol. The van der Waals surface area contributed by atoms with Crippen molar-refractivity contribution in [1.82, 2.24) is 4.90 Å². The maximum absolute atomic E-state index is 12.1. The number of rotatable bonds is 3. The molecular formula is C19H18N2O3. The smallest absolute Gasteiger partial charge is 0.410 e. The highest BCUT2D eigenvalue weighted by Crippen LogP contribution is 2.31. The number of ether oxygens (including phenoxy) is 2. The van der Waals surface area contributed by atoms with Gasteiger partial charge in [-0.2, -0.15) is 5.26 Å². The average Bonchev–Trinajstić information content (AvgIpc) is 2.62. The molecule has 1 amide bonds. The standard InChI is InChI=1S/C19H18N2O3/c1-2-23-19(22)21-12-15-5-3-4-6-17(15)18(13-21)24-16-9-7-14(11-20)8-10-16/h3-10,18H,2,12-13H2,1H3. The van der Waals surface area contributed by atoms with Gasteiger partial charge in [-0.3, -0.25) is 4.90 Å². The van der Waals surface area contributed by atoms with E-state index < -0.39 is 0 Å². The van der Waals surface area contributed by atoms with E-state index in [0.717, 1.165) is 11.1 Å². The van der Waals surface area contributed by atoms with E-state index in [1.165, 1.54) is 0 Å². The van der Waals surface area contributed by atoms with Crippen LogP contribution in [0.5, 0.6) is 5.75 Å². The number of carbonyl (C=O) groups excluding carboxylic acids is 1. The van der Waals surface area contributed by atoms with Gasteiger partial charge < -0.3 is 9.47 Å². The molecule has 122 valence electrons. The Balaban J connectivity index is 1.84. The van der Waals surface area contributed by atoms with Crippen LogP contribution >= 0.6 is 0 Å². The minimum Gasteiger partial charge on any atom is -0.484 e. The Morgan fingerprint density at radius 2 is 2.00 bits per heavy atom. The van der Waals surface area contributed by atoms with Crippen LogP contribution in [0.2, 0.25) is 0 Å². The fourth-order valence-electron chi connectivity index (χ4n) is 2.79. The lowest BCUT2D eigenvalue weighted by molar-refractivity contribution is 0.0718. The summed E-state index contributed by atoms with van der Waals surface area (Å²) >= 11 is 0. The lowest BCUT2D eigenvalue weighted by Crippen LogP contribution is -2.40. The Hall–Kier alpha value is -3.00. The number of amides is 1. The Morgan fingerprint density at radius 3 is 2.71 bits per heavy atom. The van der Waals surface area contributed by atoms with Crippen molar-refractivity contribution in [3.05, 3.63) is 65.2 Å². The Labute approximate surface area is 141 Å². The summed E-state index contributed by atoms with van der Waals surface area (Å²) in [6.07, 6.45) is -0.604. The van der Waals surface area contributed by atoms with Crippen molar-refractivity contribution in [3.63, 3.8) is 0 Å². The van der Waals surface area contributed by atoms with E-state index in [1.54, 1.807) is 36.1 Å². The van der Waals surface area contributed by atoms with Crippen molar-refractivity contribution in [1.29, 1.82) is 5.26 Å². The van der Waals surface area contributed by atoms with E-state index in [4.69, 9.17) is 14.7 Å². The molecule has 1 aliphatic rings. The normalized spacial score (nSPS) is 16.0. The zero-order valence-electron chi connectivity index (χ0n) is 13.4. The number of benzene rings is 2. The van der Waals surface area contributed by atoms with Gasteiger partial charge in [-0.05, 0) is 42.3 Å². The zero-order valence-corrected chi connectivity index (χ0v) is 13.4. The van der Waals surface area contributed by atoms with Gasteiger partial charge in [0.1, 0.15) is 11.9 Å². The Bertz CT molecular complexity index is 765. The molecule has 0 N–H and O–H groups in total. The minimum absolute atomic E-state index is 0.271. The zero-order chi connectivity index (χ0) is 16.9. The van der Waals surface area contributed by atoms with Crippen LogP contribution in [0, 0.1) is 11.3 Å². The first-order valence-corrected chi connectivity index (χ1v) is 7.87. The minimum atomic E-state index is -0.333. The van der Waals surface area contributed by atoms with E-state index in [0.29, 0.717) is 31.0 Å². The summed E-state index contributed by atoms with van der Waals surface area (Å²) in [5.74, 6) is 0.666. The van der Waals surface area contributed by atoms with E-state index in [2.05, 4.69) is 6.07 Å². The molecule has 2 aromatic rings. The fraction of sp³-hybridized carbons (Fsp3) is 0.263. The quantitative estimate of drug-likeness (QED) is 0.865. The number of hydrogen-bond donors (Lipinski definition) is 0. The van der Waals surface area contributed by atoms with Crippen LogP contribution in [0.15, 0.2) is 48.5 Å². The van der Waals surface area contributed by atoms with Crippen molar-refractivity contribution in [2.45, 2.75) is 19.6 Å². The molecule has 0 fully saturated rings. The molecule has 1 aliphatic heterocycles. The molecule has 1 unspecified atom stereocenters. The van der Waals surface area contributed by atoms with Crippen LogP contribution in [-0.4, -0.2) is 24.1 Å². The van der Waals surface area contributed by atoms with E-state index in [9.17, 15) is 4.79 Å². The summed E-state index contributed by atoms with van der Waals surface area (Å²) in [5, 5.41) is 8.88. The van der Waals surface area contributed by atoms with Crippen LogP contribution in [0.1, 0.15) is 29.7 Å². The van der Waals surface area contributed by atoms with Crippen molar-refractivity contribution >= 4 is 6.09 Å². The first kappa shape index (κ1) is 15.9. The maximum atomic E-state index is 12.1. The predicted octanol–water partition coefficient (Wildman–Crippen LogP) is 3.65. The van der Waals surface area contributed by atoms with E-state index >= 15 is 0 Å². The lowest BCUT2D eigenvalue weighted by Gasteiger charge is -2.34. The third-order valence-corrected chi connectivity index (χ3v) is 3.94. The van der Waals surface area contributed by atoms with Crippen molar-refractivity contribution in [2.24, 2.45) is 0 Å². The largest absolute Gasteiger partial charge is 0.484 e. The Morgan fingerprint density at radius 1 is 1.25 bits per heavy atom. The van der Waals surface area contributed by atoms with Crippen LogP contribution in [0.3, 0.4) is 0 Å². The van der Waals surface area contributed by atoms with Gasteiger partial charge in [0.15, 0.2) is 0 Å². The van der Waals surface area contributed by atoms with Gasteiger partial charge in [-0.15, -0.1) is 0 Å². The topological polar surface area (TPSA) is 62.6 Å². The summed E-state index contributed by atoms with van der Waals surface area (Å²) < 4.78 is 11.2. The molecule has 0 aliphatic carbocycles. The molecule has 0 spiro atoms. The summed E-state index contributed by atoms with van der Waals surface area (Å²) in [6.45, 7) is 3.08. The third kappa shape index (κ3) is 3.33. The van der Waals surface area contributed by atoms with E-state index in [-0.39, 0.29) is 12.2 Å². The average molecular weight is 322 g/mol. The number of hydrogen-bond acceptors (Lipinski definition) is 4. The second-order valence-corrected chi connectivity index (χ2v) is 5.52. The first-order valence-electron chi connectivity index (χ1n) is 7.87. The van der Waals surface area contributed by atoms with Crippen molar-refractivity contribution < 1.29 is 14.3 Å². The van der Waals surface area contributed by atoms with Gasteiger partial charge >= 0.3 is 6.09 Å². The van der Waals surface area contributed by atoms with Gasteiger partial charge in [-0.1, -0.05) is 24.3 Å². The number of fused-ring (bicyclic) bond motifs is 1. The van der Waals surface area contributed by atoms with Gasteiger partial charge in [0.2, 0.25) is 0 Å². The second kappa shape index (κ2) is 7.05. The van der Waals surface area contributed by atoms with Crippen molar-refractivity contribution in [2.75, 3.05) is 13.2 Å². The van der Waals surface area contributed by atoms with Crippen LogP contribution in [0.25, 0.3) is 0 Å². The molecule has 1 atom stereocenters. The molecule has 0 saturated carbocycles. The Kier molecular flexibility index (Phi) is 4.66. The second-order valence-electron chi connectivity index (χ2n) is 5.52. The predicted molar refractivity (Wildman–Crippen MR) is 88.4 cm³/mol. The highest BCUT2D eigenvalue weighted by Gasteiger charge is 2.30. The summed E-state index contributed by atoms with van der Waals surface area (Å²) in [6, 6.07) is 17.0. The van der Waals surface area contributed by atoms with Gasteiger partial charge in [0.25, 0.3) is 0 Å². The summed E-state index contributed by atoms with van der Waals surface area (Å²) in [5.41, 5.74) is 2.71. The fourth-order valence-corrected chi connectivity index (χ4v) is 2.79. The lowest BCUT2D eigenvalue weighted by atomic mass is 9.97. The summed E-state index contributed by atoms with van der Waals surface area (Å²) in [7, 11) is 0. The maximum Gasteiger partial charge on any atom is 0.410 e. The van der Waals surface area contributed by atoms with Gasteiger partial charge in [-0.25, -0.2) is 4.79 Å². The third-order valence-electron chi connectivity index (χ3n) is 3.94. The van der Waals surface area contributed by atoms with Crippen LogP contribution in [0.4, 0.5) is 4.79 Å².